The third-order valence-electron chi connectivity index (χ3n) is 14.6. The molecule has 0 radical (unpaired) electrons. The van der Waals surface area contributed by atoms with E-state index in [4.69, 9.17) is 53.1 Å². The van der Waals surface area contributed by atoms with Crippen LogP contribution in [0, 0.1) is 0 Å². The molecule has 0 saturated carbocycles. The molecule has 5 heterocycles. The van der Waals surface area contributed by atoms with Crippen LogP contribution in [0.2, 0.25) is 0 Å². The highest BCUT2D eigenvalue weighted by atomic mass is 16.8. The maximum Gasteiger partial charge on any atom is 0.364 e. The predicted molar refractivity (Wildman–Crippen MR) is 262 cm³/mol. The number of ether oxygens (including phenoxy) is 10. The van der Waals surface area contributed by atoms with Gasteiger partial charge in [-0.25, -0.2) is 9.59 Å². The summed E-state index contributed by atoms with van der Waals surface area (Å²) >= 11 is 0. The maximum atomic E-state index is 13.1. The number of aliphatic hydroxyl groups is 15. The Morgan fingerprint density at radius 2 is 1.01 bits per heavy atom. The molecule has 5 aliphatic rings. The first-order valence-electron chi connectivity index (χ1n) is 26.5. The van der Waals surface area contributed by atoms with Crippen molar-refractivity contribution in [2.45, 2.75) is 217 Å². The van der Waals surface area contributed by atoms with Gasteiger partial charge < -0.3 is 156 Å². The number of hydrogen-bond donors (Lipinski definition) is 21. The summed E-state index contributed by atoms with van der Waals surface area (Å²) in [7, 11) is 0. The summed E-state index contributed by atoms with van der Waals surface area (Å²) in [5.74, 6) is -12.8. The largest absolute Gasteiger partial charge is 0.477 e. The molecule has 83 heavy (non-hydrogen) atoms. The maximum absolute atomic E-state index is 13.1. The van der Waals surface area contributed by atoms with Crippen LogP contribution in [-0.4, -0.2) is 327 Å². The van der Waals surface area contributed by atoms with E-state index in [1.807, 2.05) is 0 Å². The van der Waals surface area contributed by atoms with Crippen LogP contribution >= 0.6 is 0 Å². The molecular formula is C47H80N4O32. The summed E-state index contributed by atoms with van der Waals surface area (Å²) in [5.41, 5.74) is 5.63. The van der Waals surface area contributed by atoms with E-state index >= 15 is 0 Å². The minimum atomic E-state index is -3.14. The van der Waals surface area contributed by atoms with E-state index in [1.165, 1.54) is 0 Å². The number of aliphatic hydroxyl groups excluding tert-OH is 15. The Kier molecular flexibility index (Phi) is 26.0. The molecule has 22 N–H and O–H groups in total. The summed E-state index contributed by atoms with van der Waals surface area (Å²) in [4.78, 5) is 63.0. The summed E-state index contributed by atoms with van der Waals surface area (Å²) in [6.45, 7) is -2.24. The van der Waals surface area contributed by atoms with E-state index < -0.39 is 240 Å². The van der Waals surface area contributed by atoms with Crippen molar-refractivity contribution in [2.75, 3.05) is 46.2 Å². The fraction of sp³-hybridized carbons (Fsp3) is 0.894. The van der Waals surface area contributed by atoms with Gasteiger partial charge in [-0.05, 0) is 25.8 Å². The number of amides is 3. The molecule has 36 nitrogen and oxygen atoms in total. The zero-order chi connectivity index (χ0) is 62.0. The van der Waals surface area contributed by atoms with Crippen molar-refractivity contribution in [1.82, 2.24) is 16.0 Å². The van der Waals surface area contributed by atoms with Crippen molar-refractivity contribution in [1.29, 1.82) is 0 Å². The number of nitrogens with two attached hydrogens (primary N) is 1. The lowest BCUT2D eigenvalue weighted by Gasteiger charge is -2.51. The van der Waals surface area contributed by atoms with Crippen molar-refractivity contribution in [3.8, 4) is 0 Å². The predicted octanol–water partition coefficient (Wildman–Crippen LogP) is -11.9. The van der Waals surface area contributed by atoms with Crippen LogP contribution < -0.4 is 21.7 Å². The summed E-state index contributed by atoms with van der Waals surface area (Å²) in [5, 5.41) is 191. The second kappa shape index (κ2) is 30.8. The number of carbonyl (C=O) groups excluding carboxylic acids is 3. The molecule has 0 bridgehead atoms. The molecule has 36 heteroatoms. The smallest absolute Gasteiger partial charge is 0.364 e. The van der Waals surface area contributed by atoms with E-state index in [9.17, 15) is 111 Å². The lowest BCUT2D eigenvalue weighted by atomic mass is 9.88. The van der Waals surface area contributed by atoms with Gasteiger partial charge in [0, 0.05) is 40.2 Å². The monoisotopic (exact) mass is 1210 g/mol. The van der Waals surface area contributed by atoms with Crippen LogP contribution in [0.15, 0.2) is 0 Å². The molecule has 5 fully saturated rings. The lowest BCUT2D eigenvalue weighted by Crippen LogP contribution is -2.71. The van der Waals surface area contributed by atoms with E-state index in [0.29, 0.717) is 25.8 Å². The number of aliphatic carboxylic acids is 2. The Hall–Kier alpha value is -3.69. The quantitative estimate of drug-likeness (QED) is 0.0324. The number of rotatable bonds is 28. The first-order valence-corrected chi connectivity index (χ1v) is 26.5. The summed E-state index contributed by atoms with van der Waals surface area (Å²) in [6, 6.07) is -4.87. The van der Waals surface area contributed by atoms with Crippen LogP contribution in [0.1, 0.15) is 52.9 Å². The Balaban J connectivity index is 1.44. The fourth-order valence-electron chi connectivity index (χ4n) is 10.4. The van der Waals surface area contributed by atoms with Gasteiger partial charge >= 0.3 is 11.9 Å². The number of hydrogen-bond acceptors (Lipinski definition) is 31. The highest BCUT2D eigenvalue weighted by Gasteiger charge is 2.62. The van der Waals surface area contributed by atoms with Crippen molar-refractivity contribution < 1.29 is 158 Å². The molecule has 0 spiro atoms. The molecule has 0 unspecified atom stereocenters. The van der Waals surface area contributed by atoms with Crippen LogP contribution in [0.25, 0.3) is 0 Å². The Morgan fingerprint density at radius 1 is 0.554 bits per heavy atom. The molecule has 0 aliphatic carbocycles. The minimum Gasteiger partial charge on any atom is -0.477 e. The highest BCUT2D eigenvalue weighted by Crippen LogP contribution is 2.41. The second-order valence-corrected chi connectivity index (χ2v) is 20.7. The van der Waals surface area contributed by atoms with E-state index in [1.54, 1.807) is 0 Å². The van der Waals surface area contributed by atoms with Gasteiger partial charge in [-0.3, -0.25) is 14.4 Å². The van der Waals surface area contributed by atoms with Crippen molar-refractivity contribution in [2.24, 2.45) is 5.73 Å². The van der Waals surface area contributed by atoms with Crippen LogP contribution in [0.5, 0.6) is 0 Å². The Morgan fingerprint density at radius 3 is 1.46 bits per heavy atom. The van der Waals surface area contributed by atoms with Crippen molar-refractivity contribution in [3.05, 3.63) is 0 Å². The third-order valence-corrected chi connectivity index (χ3v) is 14.6. The molecule has 5 saturated heterocycles. The molecule has 0 aromatic heterocycles. The molecule has 0 aromatic carbocycles. The third kappa shape index (κ3) is 16.5. The number of carboxylic acids is 2. The van der Waals surface area contributed by atoms with Crippen LogP contribution in [0.3, 0.4) is 0 Å². The summed E-state index contributed by atoms with van der Waals surface area (Å²) < 4.78 is 58.1. The molecule has 3 amide bonds. The van der Waals surface area contributed by atoms with Gasteiger partial charge in [0.05, 0.1) is 57.3 Å². The zero-order valence-electron chi connectivity index (χ0n) is 45.2. The molecule has 5 aliphatic heterocycles. The average molecular weight is 1210 g/mol. The van der Waals surface area contributed by atoms with Gasteiger partial charge in [0.1, 0.15) is 110 Å². The van der Waals surface area contributed by atoms with Crippen molar-refractivity contribution in [3.63, 3.8) is 0 Å². The van der Waals surface area contributed by atoms with Gasteiger partial charge in [0.2, 0.25) is 17.7 Å². The van der Waals surface area contributed by atoms with Gasteiger partial charge in [0.15, 0.2) is 18.9 Å². The van der Waals surface area contributed by atoms with E-state index in [0.717, 1.165) is 20.8 Å². The van der Waals surface area contributed by atoms with Gasteiger partial charge in [0.25, 0.3) is 11.6 Å². The zero-order valence-corrected chi connectivity index (χ0v) is 45.2. The van der Waals surface area contributed by atoms with Gasteiger partial charge in [-0.15, -0.1) is 0 Å². The Bertz CT molecular complexity index is 2110. The minimum absolute atomic E-state index is 0.117. The average Bonchev–Trinajstić information content (AvgIpc) is 1.85. The highest BCUT2D eigenvalue weighted by molar-refractivity contribution is 5.77. The molecule has 480 valence electrons. The lowest BCUT2D eigenvalue weighted by molar-refractivity contribution is -0.382. The standard InChI is InChI=1S/C47H80N4O32/c1-16(56)49-26-19(59)9-46(44(70)71,82-38(26)29(63)21(61)11-52)80-35-24(14-55)77-43(33(67)32(35)66)79-37-28(51-18(3)58)42(74-8-6-4-5-7-48)78-25(31(37)65)15-75-40-34(68)36(23(13-54)76-41(40)69)81-47(45(72)73)10-20(60)27(50-17(2)57)39(83-47)30(64)22(62)12-53/h19-43,52-55,59-69H,4-15,48H2,1-3H3,(H,49,56)(H,50,57)(H,51,58)(H,70,71)(H,72,73)/t19-,20-,21+,22+,23+,24+,25+,26+,27+,28+,29+,30+,31+,32+,33+,34-,35-,36-,37+,38+,39+,40+,41+,42+,43-,46-,47-/m0/s1. The van der Waals surface area contributed by atoms with Gasteiger partial charge in [-0.2, -0.15) is 0 Å². The van der Waals surface area contributed by atoms with E-state index in [-0.39, 0.29) is 6.61 Å². The van der Waals surface area contributed by atoms with Gasteiger partial charge in [-0.1, -0.05) is 0 Å². The first kappa shape index (κ1) is 70.1. The first-order chi connectivity index (χ1) is 39.0. The number of nitrogens with one attached hydrogen (secondary N) is 3. The molecule has 0 aromatic rings. The number of carbonyl (C=O) groups is 5. The molecular weight excluding hydrogens is 1130 g/mol. The Labute approximate surface area is 472 Å². The fourth-order valence-corrected chi connectivity index (χ4v) is 10.4. The number of unbranched alkanes of at least 4 members (excludes halogenated alkanes) is 2. The molecule has 5 rings (SSSR count). The second-order valence-electron chi connectivity index (χ2n) is 20.7. The van der Waals surface area contributed by atoms with E-state index in [2.05, 4.69) is 16.0 Å². The van der Waals surface area contributed by atoms with Crippen LogP contribution in [0.4, 0.5) is 0 Å². The summed E-state index contributed by atoms with van der Waals surface area (Å²) in [6.07, 6.45) is -46.3. The SMILES string of the molecule is CC(=O)N[C@H]1[C@H](OCCCCCN)O[C@H](CO[C@@H]2[C@@H](O)[C@@H](O[C@@]3(C(=O)O)C[C@H](O)[C@@H](NC(C)=O)[C@H]([C@H](O)[C@H](O)CO)O3)[C@@H](CO)O[C@H]2O)[C@@H](O)[C@@H]1O[C@@H]1O[C@H](CO)[C@H](O[C@@]2(C(=O)O)C[C@H](O)[C@@H](NC(C)=O)[C@H]([C@H](O)[C@H](O)CO)O2)[C@H](O)[C@H]1O. The van der Waals surface area contributed by atoms with Crippen LogP contribution in [-0.2, 0) is 71.3 Å². The topological polar surface area (TPSA) is 584 Å². The normalized spacial score (nSPS) is 41.0. The van der Waals surface area contributed by atoms with Crippen molar-refractivity contribution >= 4 is 29.7 Å². The number of carboxylic acid groups (broad SMARTS) is 2. The molecule has 27 atom stereocenters.